The first-order chi connectivity index (χ1) is 8.15. The summed E-state index contributed by atoms with van der Waals surface area (Å²) in [4.78, 5) is 4.88. The average molecular weight is 233 g/mol. The van der Waals surface area contributed by atoms with Gasteiger partial charge in [-0.25, -0.2) is 0 Å². The van der Waals surface area contributed by atoms with Crippen LogP contribution in [0, 0.1) is 0 Å². The van der Waals surface area contributed by atoms with E-state index in [9.17, 15) is 0 Å². The number of hydrogen-bond donors (Lipinski definition) is 1. The Kier molecular flexibility index (Phi) is 4.02. The van der Waals surface area contributed by atoms with E-state index in [2.05, 4.69) is 36.0 Å². The van der Waals surface area contributed by atoms with Crippen molar-refractivity contribution in [3.05, 3.63) is 29.8 Å². The zero-order valence-corrected chi connectivity index (χ0v) is 10.9. The van der Waals surface area contributed by atoms with E-state index >= 15 is 0 Å². The second-order valence-electron chi connectivity index (χ2n) is 5.21. The number of nitrogens with two attached hydrogens (primary N) is 1. The lowest BCUT2D eigenvalue weighted by Gasteiger charge is -2.35. The van der Waals surface area contributed by atoms with Gasteiger partial charge >= 0.3 is 0 Å². The summed E-state index contributed by atoms with van der Waals surface area (Å²) in [6.45, 7) is 3.44. The molecule has 94 valence electrons. The quantitative estimate of drug-likeness (QED) is 0.808. The van der Waals surface area contributed by atoms with E-state index in [-0.39, 0.29) is 0 Å². The molecule has 0 aromatic heterocycles. The fraction of sp³-hybridized carbons (Fsp3) is 0.571. The van der Waals surface area contributed by atoms with Gasteiger partial charge in [-0.3, -0.25) is 4.90 Å². The second kappa shape index (κ2) is 5.52. The summed E-state index contributed by atoms with van der Waals surface area (Å²) in [7, 11) is 4.43. The summed E-state index contributed by atoms with van der Waals surface area (Å²) in [6, 6.07) is 8.90. The molecule has 0 amide bonds. The number of rotatable bonds is 3. The number of benzene rings is 1. The molecule has 3 nitrogen and oxygen atoms in total. The topological polar surface area (TPSA) is 32.5 Å². The van der Waals surface area contributed by atoms with Gasteiger partial charge in [-0.1, -0.05) is 12.1 Å². The largest absolute Gasteiger partial charge is 0.399 e. The number of nitrogen functional groups attached to an aromatic ring is 1. The Balaban J connectivity index is 1.91. The maximum atomic E-state index is 5.70. The maximum absolute atomic E-state index is 5.70. The Bertz CT molecular complexity index is 347. The van der Waals surface area contributed by atoms with Gasteiger partial charge in [-0.2, -0.15) is 0 Å². The van der Waals surface area contributed by atoms with E-state index in [0.717, 1.165) is 12.2 Å². The van der Waals surface area contributed by atoms with E-state index in [4.69, 9.17) is 5.73 Å². The Morgan fingerprint density at radius 1 is 1.35 bits per heavy atom. The molecule has 1 fully saturated rings. The Labute approximate surface area is 104 Å². The summed E-state index contributed by atoms with van der Waals surface area (Å²) < 4.78 is 0. The molecule has 2 N–H and O–H groups in total. The third-order valence-electron chi connectivity index (χ3n) is 3.63. The van der Waals surface area contributed by atoms with Gasteiger partial charge in [0.1, 0.15) is 0 Å². The van der Waals surface area contributed by atoms with Crippen molar-refractivity contribution in [1.29, 1.82) is 0 Å². The number of anilines is 1. The first-order valence-electron chi connectivity index (χ1n) is 6.38. The molecule has 3 heteroatoms. The average Bonchev–Trinajstić information content (AvgIpc) is 2.32. The molecule has 1 atom stereocenters. The zero-order chi connectivity index (χ0) is 12.3. The van der Waals surface area contributed by atoms with Crippen LogP contribution in [0.5, 0.6) is 0 Å². The lowest BCUT2D eigenvalue weighted by molar-refractivity contribution is 0.129. The fourth-order valence-electron chi connectivity index (χ4n) is 2.54. The van der Waals surface area contributed by atoms with Crippen LogP contribution in [-0.2, 0) is 6.54 Å². The number of likely N-dealkylation sites (tertiary alicyclic amines) is 1. The highest BCUT2D eigenvalue weighted by Gasteiger charge is 2.20. The Morgan fingerprint density at radius 2 is 2.06 bits per heavy atom. The zero-order valence-electron chi connectivity index (χ0n) is 10.9. The second-order valence-corrected chi connectivity index (χ2v) is 5.21. The van der Waals surface area contributed by atoms with Crippen molar-refractivity contribution in [2.45, 2.75) is 25.4 Å². The van der Waals surface area contributed by atoms with E-state index in [1.165, 1.54) is 31.5 Å². The minimum absolute atomic E-state index is 0.686. The first kappa shape index (κ1) is 12.4. The van der Waals surface area contributed by atoms with Crippen molar-refractivity contribution in [1.82, 2.24) is 9.80 Å². The molecule has 2 rings (SSSR count). The lowest BCUT2D eigenvalue weighted by atomic mass is 10.0. The predicted octanol–water partition coefficient (Wildman–Crippen LogP) is 1.79. The van der Waals surface area contributed by atoms with Crippen LogP contribution in [0.15, 0.2) is 24.3 Å². The SMILES string of the molecule is CN1CCCC(N(C)Cc2ccc(N)cc2)C1. The highest BCUT2D eigenvalue weighted by molar-refractivity contribution is 5.39. The molecule has 1 aliphatic heterocycles. The van der Waals surface area contributed by atoms with E-state index in [1.807, 2.05) is 12.1 Å². The van der Waals surface area contributed by atoms with Crippen LogP contribution in [0.4, 0.5) is 5.69 Å². The van der Waals surface area contributed by atoms with Crippen molar-refractivity contribution in [3.63, 3.8) is 0 Å². The number of hydrogen-bond acceptors (Lipinski definition) is 3. The van der Waals surface area contributed by atoms with Gasteiger partial charge in [0.15, 0.2) is 0 Å². The van der Waals surface area contributed by atoms with Crippen LogP contribution < -0.4 is 5.73 Å². The van der Waals surface area contributed by atoms with E-state index in [1.54, 1.807) is 0 Å². The molecule has 1 saturated heterocycles. The Hall–Kier alpha value is -1.06. The van der Waals surface area contributed by atoms with E-state index in [0.29, 0.717) is 6.04 Å². The van der Waals surface area contributed by atoms with Crippen LogP contribution in [-0.4, -0.2) is 43.0 Å². The van der Waals surface area contributed by atoms with Gasteiger partial charge in [0.2, 0.25) is 0 Å². The molecule has 0 spiro atoms. The third-order valence-corrected chi connectivity index (χ3v) is 3.63. The molecular formula is C14H23N3. The molecular weight excluding hydrogens is 210 g/mol. The molecule has 0 radical (unpaired) electrons. The maximum Gasteiger partial charge on any atom is 0.0314 e. The predicted molar refractivity (Wildman–Crippen MR) is 72.8 cm³/mol. The lowest BCUT2D eigenvalue weighted by Crippen LogP contribution is -2.44. The fourth-order valence-corrected chi connectivity index (χ4v) is 2.54. The van der Waals surface area contributed by atoms with Crippen LogP contribution in [0.25, 0.3) is 0 Å². The molecule has 17 heavy (non-hydrogen) atoms. The molecule has 1 heterocycles. The summed E-state index contributed by atoms with van der Waals surface area (Å²) in [6.07, 6.45) is 2.63. The summed E-state index contributed by atoms with van der Waals surface area (Å²) >= 11 is 0. The van der Waals surface area contributed by atoms with Crippen molar-refractivity contribution in [2.24, 2.45) is 0 Å². The van der Waals surface area contributed by atoms with Crippen LogP contribution in [0.1, 0.15) is 18.4 Å². The van der Waals surface area contributed by atoms with Gasteiger partial charge in [0, 0.05) is 24.8 Å². The molecule has 1 unspecified atom stereocenters. The summed E-state index contributed by atoms with van der Waals surface area (Å²) in [5.41, 5.74) is 7.88. The number of likely N-dealkylation sites (N-methyl/N-ethyl adjacent to an activating group) is 2. The van der Waals surface area contributed by atoms with Crippen LogP contribution in [0.2, 0.25) is 0 Å². The monoisotopic (exact) mass is 233 g/mol. The van der Waals surface area contributed by atoms with Crippen molar-refractivity contribution in [3.8, 4) is 0 Å². The number of nitrogens with zero attached hydrogens (tertiary/aromatic N) is 2. The molecule has 0 saturated carbocycles. The van der Waals surface area contributed by atoms with Gasteiger partial charge < -0.3 is 10.6 Å². The van der Waals surface area contributed by atoms with Gasteiger partial charge in [0.05, 0.1) is 0 Å². The molecule has 0 aliphatic carbocycles. The van der Waals surface area contributed by atoms with Crippen LogP contribution >= 0.6 is 0 Å². The van der Waals surface area contributed by atoms with Crippen molar-refractivity contribution >= 4 is 5.69 Å². The third kappa shape index (κ3) is 3.45. The Morgan fingerprint density at radius 3 is 2.71 bits per heavy atom. The van der Waals surface area contributed by atoms with Crippen molar-refractivity contribution in [2.75, 3.05) is 32.9 Å². The standard InChI is InChI=1S/C14H23N3/c1-16-9-3-4-14(11-16)17(2)10-12-5-7-13(15)8-6-12/h5-8,14H,3-4,9-11,15H2,1-2H3. The van der Waals surface area contributed by atoms with Crippen LogP contribution in [0.3, 0.4) is 0 Å². The van der Waals surface area contributed by atoms with Gasteiger partial charge in [-0.15, -0.1) is 0 Å². The van der Waals surface area contributed by atoms with Crippen molar-refractivity contribution < 1.29 is 0 Å². The normalized spacial score (nSPS) is 21.9. The van der Waals surface area contributed by atoms with Gasteiger partial charge in [0.25, 0.3) is 0 Å². The summed E-state index contributed by atoms with van der Waals surface area (Å²) in [5, 5.41) is 0. The molecule has 1 aromatic rings. The van der Waals surface area contributed by atoms with Gasteiger partial charge in [-0.05, 0) is 51.2 Å². The highest BCUT2D eigenvalue weighted by Crippen LogP contribution is 2.16. The minimum Gasteiger partial charge on any atom is -0.399 e. The minimum atomic E-state index is 0.686. The highest BCUT2D eigenvalue weighted by atomic mass is 15.2. The molecule has 0 bridgehead atoms. The smallest absolute Gasteiger partial charge is 0.0314 e. The number of piperidine rings is 1. The van der Waals surface area contributed by atoms with E-state index < -0.39 is 0 Å². The first-order valence-corrected chi connectivity index (χ1v) is 6.38. The molecule has 1 aromatic carbocycles. The molecule has 1 aliphatic rings. The summed E-state index contributed by atoms with van der Waals surface area (Å²) in [5.74, 6) is 0.